The number of carbonyl (C=O) groups is 2. The van der Waals surface area contributed by atoms with E-state index in [1.54, 1.807) is 12.6 Å². The van der Waals surface area contributed by atoms with Crippen molar-refractivity contribution in [1.29, 1.82) is 0 Å². The molecule has 1 aromatic rings. The first kappa shape index (κ1) is 18.3. The molecule has 2 aliphatic heterocycles. The van der Waals surface area contributed by atoms with Gasteiger partial charge in [0, 0.05) is 25.6 Å². The minimum absolute atomic E-state index is 0.0323. The summed E-state index contributed by atoms with van der Waals surface area (Å²) < 4.78 is 5.21. The largest absolute Gasteiger partial charge is 0.497 e. The fourth-order valence-electron chi connectivity index (χ4n) is 4.57. The Hall–Kier alpha value is -2.12. The van der Waals surface area contributed by atoms with Crippen molar-refractivity contribution < 1.29 is 19.5 Å². The average molecular weight is 373 g/mol. The van der Waals surface area contributed by atoms with Crippen LogP contribution < -0.4 is 15.5 Å². The number of nitrogens with zero attached hydrogens (tertiary/aromatic N) is 1. The number of likely N-dealkylation sites (tertiary alicyclic amines) is 1. The van der Waals surface area contributed by atoms with Gasteiger partial charge in [-0.3, -0.25) is 14.8 Å². The highest BCUT2D eigenvalue weighted by Crippen LogP contribution is 2.52. The summed E-state index contributed by atoms with van der Waals surface area (Å²) in [6, 6.07) is 7.43. The van der Waals surface area contributed by atoms with Gasteiger partial charge in [0.1, 0.15) is 5.75 Å². The van der Waals surface area contributed by atoms with Crippen LogP contribution in [0.3, 0.4) is 0 Å². The van der Waals surface area contributed by atoms with E-state index < -0.39 is 17.9 Å². The van der Waals surface area contributed by atoms with Crippen LogP contribution in [0.15, 0.2) is 24.3 Å². The number of carbonyl (C=O) groups excluding carboxylic acids is 2. The topological polar surface area (TPSA) is 90.9 Å². The standard InChI is InChI=1S/C20H27N3O4/c1-27-15-4-2-13(3-5-15)14-6-9-23(11-14)19(25)17-16(18(24)22-26)10-20(7-8-20)12-21-17/h2-5,14,16-17,21,26H,6-12H2,1H3,(H,22,24). The van der Waals surface area contributed by atoms with Crippen LogP contribution >= 0.6 is 0 Å². The molecule has 1 aliphatic carbocycles. The summed E-state index contributed by atoms with van der Waals surface area (Å²) in [7, 11) is 1.65. The number of hydrogen-bond donors (Lipinski definition) is 3. The van der Waals surface area contributed by atoms with Crippen LogP contribution in [0.4, 0.5) is 0 Å². The van der Waals surface area contributed by atoms with Crippen LogP contribution in [0.2, 0.25) is 0 Å². The number of rotatable bonds is 4. The number of hydroxylamine groups is 1. The minimum Gasteiger partial charge on any atom is -0.497 e. The lowest BCUT2D eigenvalue weighted by Crippen LogP contribution is -2.58. The monoisotopic (exact) mass is 373 g/mol. The van der Waals surface area contributed by atoms with Gasteiger partial charge in [0.2, 0.25) is 11.8 Å². The zero-order chi connectivity index (χ0) is 19.0. The molecule has 1 aromatic carbocycles. The SMILES string of the molecule is COc1ccc(C2CCN(C(=O)C3NCC4(CC4)CC3C(=O)NO)C2)cc1. The zero-order valence-corrected chi connectivity index (χ0v) is 15.6. The van der Waals surface area contributed by atoms with Crippen molar-refractivity contribution in [1.82, 2.24) is 15.7 Å². The van der Waals surface area contributed by atoms with E-state index in [0.717, 1.165) is 31.6 Å². The van der Waals surface area contributed by atoms with Crippen molar-refractivity contribution in [2.45, 2.75) is 37.6 Å². The predicted octanol–water partition coefficient (Wildman–Crippen LogP) is 1.27. The molecule has 3 atom stereocenters. The Kier molecular flexibility index (Phi) is 4.82. The first-order chi connectivity index (χ1) is 13.0. The summed E-state index contributed by atoms with van der Waals surface area (Å²) in [5, 5.41) is 12.4. The molecular weight excluding hydrogens is 346 g/mol. The molecule has 4 rings (SSSR count). The van der Waals surface area contributed by atoms with Crippen LogP contribution in [-0.2, 0) is 9.59 Å². The molecule has 146 valence electrons. The molecule has 1 saturated carbocycles. The van der Waals surface area contributed by atoms with Gasteiger partial charge < -0.3 is 15.0 Å². The van der Waals surface area contributed by atoms with E-state index in [0.29, 0.717) is 25.4 Å². The van der Waals surface area contributed by atoms with E-state index in [4.69, 9.17) is 9.94 Å². The summed E-state index contributed by atoms with van der Waals surface area (Å²) in [4.78, 5) is 27.2. The Bertz CT molecular complexity index is 716. The van der Waals surface area contributed by atoms with Crippen LogP contribution in [0.25, 0.3) is 0 Å². The van der Waals surface area contributed by atoms with Crippen LogP contribution in [-0.4, -0.2) is 54.7 Å². The van der Waals surface area contributed by atoms with Gasteiger partial charge in [-0.15, -0.1) is 0 Å². The molecule has 2 saturated heterocycles. The van der Waals surface area contributed by atoms with Crippen molar-refractivity contribution in [2.75, 3.05) is 26.7 Å². The average Bonchev–Trinajstić information content (AvgIpc) is 3.27. The summed E-state index contributed by atoms with van der Waals surface area (Å²) in [5.41, 5.74) is 3.10. The van der Waals surface area contributed by atoms with Crippen molar-refractivity contribution in [3.05, 3.63) is 29.8 Å². The highest BCUT2D eigenvalue weighted by molar-refractivity contribution is 5.90. The summed E-state index contributed by atoms with van der Waals surface area (Å²) in [5.74, 6) is 0.109. The predicted molar refractivity (Wildman–Crippen MR) is 98.4 cm³/mol. The van der Waals surface area contributed by atoms with E-state index in [1.807, 2.05) is 17.0 Å². The number of ether oxygens (including phenoxy) is 1. The highest BCUT2D eigenvalue weighted by atomic mass is 16.5. The molecule has 7 heteroatoms. The second-order valence-corrected chi connectivity index (χ2v) is 8.19. The van der Waals surface area contributed by atoms with Crippen molar-refractivity contribution in [3.63, 3.8) is 0 Å². The normalized spacial score (nSPS) is 28.8. The molecule has 2 heterocycles. The lowest BCUT2D eigenvalue weighted by atomic mass is 9.81. The summed E-state index contributed by atoms with van der Waals surface area (Å²) in [6.07, 6.45) is 3.74. The lowest BCUT2D eigenvalue weighted by molar-refractivity contribution is -0.144. The number of benzene rings is 1. The Balaban J connectivity index is 1.43. The Morgan fingerprint density at radius 2 is 2.04 bits per heavy atom. The second kappa shape index (κ2) is 7.13. The van der Waals surface area contributed by atoms with Gasteiger partial charge in [0.25, 0.3) is 0 Å². The lowest BCUT2D eigenvalue weighted by Gasteiger charge is -2.37. The van der Waals surface area contributed by atoms with E-state index in [1.165, 1.54) is 5.56 Å². The molecule has 7 nitrogen and oxygen atoms in total. The quantitative estimate of drug-likeness (QED) is 0.546. The molecular formula is C20H27N3O4. The summed E-state index contributed by atoms with van der Waals surface area (Å²) in [6.45, 7) is 2.11. The number of methoxy groups -OCH3 is 1. The molecule has 2 amide bonds. The third-order valence-electron chi connectivity index (χ3n) is 6.51. The van der Waals surface area contributed by atoms with Gasteiger partial charge in [0.15, 0.2) is 0 Å². The molecule has 0 aromatic heterocycles. The van der Waals surface area contributed by atoms with Gasteiger partial charge in [-0.2, -0.15) is 0 Å². The zero-order valence-electron chi connectivity index (χ0n) is 15.6. The van der Waals surface area contributed by atoms with Crippen molar-refractivity contribution >= 4 is 11.8 Å². The molecule has 3 unspecified atom stereocenters. The van der Waals surface area contributed by atoms with E-state index >= 15 is 0 Å². The third-order valence-corrected chi connectivity index (χ3v) is 6.51. The number of hydrogen-bond acceptors (Lipinski definition) is 5. The van der Waals surface area contributed by atoms with Gasteiger partial charge in [0.05, 0.1) is 19.1 Å². The van der Waals surface area contributed by atoms with E-state index in [9.17, 15) is 9.59 Å². The maximum atomic E-state index is 13.1. The molecule has 1 spiro atoms. The maximum absolute atomic E-state index is 13.1. The first-order valence-electron chi connectivity index (χ1n) is 9.65. The summed E-state index contributed by atoms with van der Waals surface area (Å²) >= 11 is 0. The third kappa shape index (κ3) is 3.53. The van der Waals surface area contributed by atoms with Crippen molar-refractivity contribution in [3.8, 4) is 5.75 Å². The highest BCUT2D eigenvalue weighted by Gasteiger charge is 2.53. The molecule has 27 heavy (non-hydrogen) atoms. The fourth-order valence-corrected chi connectivity index (χ4v) is 4.57. The van der Waals surface area contributed by atoms with Crippen LogP contribution in [0, 0.1) is 11.3 Å². The van der Waals surface area contributed by atoms with Gasteiger partial charge >= 0.3 is 0 Å². The maximum Gasteiger partial charge on any atom is 0.248 e. The van der Waals surface area contributed by atoms with E-state index in [2.05, 4.69) is 17.4 Å². The molecule has 3 fully saturated rings. The Morgan fingerprint density at radius 1 is 1.30 bits per heavy atom. The van der Waals surface area contributed by atoms with Crippen LogP contribution in [0.1, 0.15) is 37.2 Å². The number of piperidine rings is 1. The minimum atomic E-state index is -0.557. The molecule has 0 bridgehead atoms. The van der Waals surface area contributed by atoms with E-state index in [-0.39, 0.29) is 11.3 Å². The van der Waals surface area contributed by atoms with Gasteiger partial charge in [-0.1, -0.05) is 12.1 Å². The fraction of sp³-hybridized carbons (Fsp3) is 0.600. The molecule has 3 aliphatic rings. The van der Waals surface area contributed by atoms with Crippen LogP contribution in [0.5, 0.6) is 5.75 Å². The molecule has 3 N–H and O–H groups in total. The second-order valence-electron chi connectivity index (χ2n) is 8.19. The Morgan fingerprint density at radius 3 is 2.67 bits per heavy atom. The number of amides is 2. The van der Waals surface area contributed by atoms with Crippen molar-refractivity contribution in [2.24, 2.45) is 11.3 Å². The smallest absolute Gasteiger partial charge is 0.248 e. The Labute approximate surface area is 159 Å². The van der Waals surface area contributed by atoms with Gasteiger partial charge in [-0.25, -0.2) is 5.48 Å². The first-order valence-corrected chi connectivity index (χ1v) is 9.65. The number of nitrogens with one attached hydrogen (secondary N) is 2. The van der Waals surface area contributed by atoms with Gasteiger partial charge in [-0.05, 0) is 48.8 Å². The molecule has 0 radical (unpaired) electrons.